The van der Waals surface area contributed by atoms with Crippen molar-refractivity contribution in [3.63, 3.8) is 0 Å². The Labute approximate surface area is 266 Å². The van der Waals surface area contributed by atoms with E-state index in [9.17, 15) is 35.2 Å². The highest BCUT2D eigenvalue weighted by molar-refractivity contribution is 7.90. The van der Waals surface area contributed by atoms with Crippen molar-refractivity contribution >= 4 is 21.6 Å². The number of hydrogen-bond acceptors (Lipinski definition) is 9. The number of nitrogens with zero attached hydrogens (tertiary/aromatic N) is 2. The van der Waals surface area contributed by atoms with Crippen LogP contribution in [0.5, 0.6) is 0 Å². The number of anilines is 1. The Morgan fingerprint density at radius 2 is 1.79 bits per heavy atom. The van der Waals surface area contributed by atoms with E-state index in [0.29, 0.717) is 24.1 Å². The number of nitrogens with one attached hydrogen (secondary N) is 1. The number of hydrogen-bond donors (Lipinski definition) is 1. The Balaban J connectivity index is 1.47. The highest BCUT2D eigenvalue weighted by Gasteiger charge is 2.48. The third kappa shape index (κ3) is 8.51. The summed E-state index contributed by atoms with van der Waals surface area (Å²) < 4.78 is 116. The van der Waals surface area contributed by atoms with Gasteiger partial charge < -0.3 is 19.1 Å². The van der Waals surface area contributed by atoms with Crippen LogP contribution in [0.2, 0.25) is 0 Å². The molecule has 1 aliphatic carbocycles. The minimum atomic E-state index is -4.32. The molecule has 2 heterocycles. The smallest absolute Gasteiger partial charge is 0.387 e. The van der Waals surface area contributed by atoms with Gasteiger partial charge in [0.1, 0.15) is 5.82 Å². The molecule has 1 fully saturated rings. The maximum atomic E-state index is 13.9. The Morgan fingerprint density at radius 1 is 1.04 bits per heavy atom. The zero-order valence-corrected chi connectivity index (χ0v) is 25.2. The summed E-state index contributed by atoms with van der Waals surface area (Å²) in [5, 5.41) is 0. The van der Waals surface area contributed by atoms with Gasteiger partial charge in [0, 0.05) is 48.9 Å². The van der Waals surface area contributed by atoms with E-state index in [0.717, 1.165) is 30.3 Å². The lowest BCUT2D eigenvalue weighted by molar-refractivity contribution is -0.350. The molecule has 2 aromatic carbocycles. The minimum absolute atomic E-state index is 0.0528. The zero-order chi connectivity index (χ0) is 33.6. The SMILES string of the molecule is O=C(NS(=O)(=O)c1ccc(F)cc1)c1ccc(N(Cc2cccnc2)C2=CC=C(OC(F)F)[C@@](OC(F)F)(OC3CCCO3)C2)cc1. The molecule has 1 aromatic heterocycles. The van der Waals surface area contributed by atoms with Crippen molar-refractivity contribution in [3.05, 3.63) is 114 Å². The van der Waals surface area contributed by atoms with Crippen molar-refractivity contribution in [1.29, 1.82) is 0 Å². The Bertz CT molecular complexity index is 1700. The number of alkyl halides is 4. The average Bonchev–Trinajstić information content (AvgIpc) is 3.54. The van der Waals surface area contributed by atoms with Gasteiger partial charge in [-0.25, -0.2) is 17.5 Å². The van der Waals surface area contributed by atoms with E-state index in [1.807, 2.05) is 4.72 Å². The van der Waals surface area contributed by atoms with E-state index in [1.165, 1.54) is 30.3 Å². The molecule has 0 radical (unpaired) electrons. The van der Waals surface area contributed by atoms with E-state index < -0.39 is 59.2 Å². The van der Waals surface area contributed by atoms with Crippen molar-refractivity contribution in [2.75, 3.05) is 11.5 Å². The molecule has 3 aromatic rings. The second-order valence-electron chi connectivity index (χ2n) is 10.3. The summed E-state index contributed by atoms with van der Waals surface area (Å²) >= 11 is 0. The van der Waals surface area contributed by atoms with Crippen LogP contribution in [0.1, 0.15) is 35.2 Å². The monoisotopic (exact) mass is 681 g/mol. The molecule has 1 amide bonds. The first kappa shape index (κ1) is 34.0. The molecule has 2 atom stereocenters. The van der Waals surface area contributed by atoms with Gasteiger partial charge in [0.2, 0.25) is 5.79 Å². The van der Waals surface area contributed by atoms with Crippen molar-refractivity contribution in [1.82, 2.24) is 9.71 Å². The summed E-state index contributed by atoms with van der Waals surface area (Å²) in [4.78, 5) is 18.3. The molecular formula is C31H28F5N3O7S. The number of rotatable bonds is 13. The van der Waals surface area contributed by atoms with Crippen molar-refractivity contribution in [2.45, 2.75) is 56.0 Å². The van der Waals surface area contributed by atoms with Gasteiger partial charge in [0.15, 0.2) is 12.0 Å². The molecule has 1 N–H and O–H groups in total. The highest BCUT2D eigenvalue weighted by atomic mass is 32.2. The topological polar surface area (TPSA) is 116 Å². The largest absolute Gasteiger partial charge is 0.433 e. The maximum Gasteiger partial charge on any atom is 0.387 e. The van der Waals surface area contributed by atoms with Crippen LogP contribution in [-0.4, -0.2) is 51.2 Å². The average molecular weight is 682 g/mol. The van der Waals surface area contributed by atoms with Gasteiger partial charge in [-0.1, -0.05) is 6.07 Å². The summed E-state index contributed by atoms with van der Waals surface area (Å²) in [5.74, 6) is -4.80. The fraction of sp³-hybridized carbons (Fsp3) is 0.290. The number of benzene rings is 2. The van der Waals surface area contributed by atoms with E-state index in [4.69, 9.17) is 14.2 Å². The van der Waals surface area contributed by atoms with Crippen molar-refractivity contribution < 1.29 is 54.1 Å². The molecule has 47 heavy (non-hydrogen) atoms. The quantitative estimate of drug-likeness (QED) is 0.175. The second-order valence-corrected chi connectivity index (χ2v) is 12.0. The molecule has 0 spiro atoms. The molecule has 1 saturated heterocycles. The van der Waals surface area contributed by atoms with Crippen LogP contribution >= 0.6 is 0 Å². The molecule has 1 unspecified atom stereocenters. The first-order valence-electron chi connectivity index (χ1n) is 14.1. The predicted octanol–water partition coefficient (Wildman–Crippen LogP) is 5.85. The van der Waals surface area contributed by atoms with Crippen LogP contribution in [0.4, 0.5) is 27.6 Å². The van der Waals surface area contributed by atoms with Gasteiger partial charge in [-0.05, 0) is 78.7 Å². The Morgan fingerprint density at radius 3 is 2.40 bits per heavy atom. The molecular weight excluding hydrogens is 653 g/mol. The second kappa shape index (κ2) is 14.6. The molecule has 0 saturated carbocycles. The molecule has 0 bridgehead atoms. The van der Waals surface area contributed by atoms with Gasteiger partial charge >= 0.3 is 13.2 Å². The van der Waals surface area contributed by atoms with Crippen LogP contribution in [0, 0.1) is 5.82 Å². The molecule has 2 aliphatic rings. The van der Waals surface area contributed by atoms with E-state index >= 15 is 0 Å². The van der Waals surface area contributed by atoms with E-state index in [1.54, 1.807) is 29.4 Å². The molecule has 250 valence electrons. The first-order valence-corrected chi connectivity index (χ1v) is 15.6. The third-order valence-corrected chi connectivity index (χ3v) is 8.47. The summed E-state index contributed by atoms with van der Waals surface area (Å²) in [6, 6.07) is 12.9. The van der Waals surface area contributed by atoms with Crippen LogP contribution in [-0.2, 0) is 35.5 Å². The van der Waals surface area contributed by atoms with E-state index in [-0.39, 0.29) is 29.3 Å². The number of sulfonamides is 1. The lowest BCUT2D eigenvalue weighted by Gasteiger charge is -2.41. The first-order chi connectivity index (χ1) is 22.4. The number of allylic oxidation sites excluding steroid dienone is 2. The van der Waals surface area contributed by atoms with Crippen molar-refractivity contribution in [3.8, 4) is 0 Å². The molecule has 10 nitrogen and oxygen atoms in total. The predicted molar refractivity (Wildman–Crippen MR) is 156 cm³/mol. The highest BCUT2D eigenvalue weighted by Crippen LogP contribution is 2.42. The van der Waals surface area contributed by atoms with E-state index in [2.05, 4.69) is 9.72 Å². The normalized spacial score (nSPS) is 19.8. The van der Waals surface area contributed by atoms with Crippen LogP contribution in [0.15, 0.2) is 102 Å². The minimum Gasteiger partial charge on any atom is -0.433 e. The summed E-state index contributed by atoms with van der Waals surface area (Å²) in [6.07, 6.45) is 4.85. The third-order valence-electron chi connectivity index (χ3n) is 7.12. The number of carbonyl (C=O) groups is 1. The van der Waals surface area contributed by atoms with Crippen LogP contribution in [0.25, 0.3) is 0 Å². The molecule has 16 heteroatoms. The lowest BCUT2D eigenvalue weighted by Crippen LogP contribution is -2.47. The summed E-state index contributed by atoms with van der Waals surface area (Å²) in [6.45, 7) is -6.46. The van der Waals surface area contributed by atoms with Gasteiger partial charge in [-0.2, -0.15) is 17.6 Å². The number of amides is 1. The Kier molecular flexibility index (Phi) is 10.5. The summed E-state index contributed by atoms with van der Waals surface area (Å²) in [5.41, 5.74) is 1.28. The maximum absolute atomic E-state index is 13.9. The fourth-order valence-corrected chi connectivity index (χ4v) is 5.97. The van der Waals surface area contributed by atoms with Crippen LogP contribution < -0.4 is 9.62 Å². The zero-order valence-electron chi connectivity index (χ0n) is 24.4. The number of ether oxygens (including phenoxy) is 4. The standard InChI is InChI=1S/C31H28F5N3O7S/c32-22-7-12-25(13-8-22)47(41,42)38-28(40)21-5-9-23(10-6-21)39(19-20-3-1-15-37-18-20)24-11-14-26(44-29(33)34)31(17-24,46-30(35)36)45-27-4-2-16-43-27/h1,3,5-15,18,27,29-30H,2,4,16-17,19H2,(H,38,40)/t27?,31-/m1/s1. The molecule has 1 aliphatic heterocycles. The van der Waals surface area contributed by atoms with Gasteiger partial charge in [-0.3, -0.25) is 14.5 Å². The van der Waals surface area contributed by atoms with Gasteiger partial charge in [0.25, 0.3) is 15.9 Å². The van der Waals surface area contributed by atoms with Gasteiger partial charge in [-0.15, -0.1) is 0 Å². The van der Waals surface area contributed by atoms with Gasteiger partial charge in [0.05, 0.1) is 11.3 Å². The number of carbonyl (C=O) groups excluding carboxylic acids is 1. The molecule has 5 rings (SSSR count). The number of pyridine rings is 1. The fourth-order valence-electron chi connectivity index (χ4n) is 5.00. The Hall–Kier alpha value is -4.38. The number of aromatic nitrogens is 1. The van der Waals surface area contributed by atoms with Crippen LogP contribution in [0.3, 0.4) is 0 Å². The number of halogens is 5. The summed E-state index contributed by atoms with van der Waals surface area (Å²) in [7, 11) is -4.32. The lowest BCUT2D eigenvalue weighted by atomic mass is 9.99. The van der Waals surface area contributed by atoms with Crippen molar-refractivity contribution in [2.24, 2.45) is 0 Å².